The van der Waals surface area contributed by atoms with Crippen LogP contribution in [0.15, 0.2) is 23.1 Å². The monoisotopic (exact) mass is 126 g/mol. The first-order valence-corrected chi connectivity index (χ1v) is 3.41. The van der Waals surface area contributed by atoms with E-state index in [0.29, 0.717) is 0 Å². The Hall–Kier alpha value is -0.500. The van der Waals surface area contributed by atoms with Crippen LogP contribution >= 0.6 is 11.8 Å². The first kappa shape index (κ1) is 5.63. The van der Waals surface area contributed by atoms with E-state index in [1.807, 2.05) is 17.6 Å². The Morgan fingerprint density at radius 2 is 2.62 bits per heavy atom. The van der Waals surface area contributed by atoms with Crippen LogP contribution in [0, 0.1) is 0 Å². The quantitative estimate of drug-likeness (QED) is 0.494. The molecule has 0 aromatic heterocycles. The Morgan fingerprint density at radius 1 is 1.75 bits per heavy atom. The van der Waals surface area contributed by atoms with Crippen molar-refractivity contribution in [1.82, 2.24) is 0 Å². The zero-order chi connectivity index (χ0) is 5.82. The molecule has 0 unspecified atom stereocenters. The van der Waals surface area contributed by atoms with E-state index >= 15 is 0 Å². The van der Waals surface area contributed by atoms with Crippen molar-refractivity contribution in [2.24, 2.45) is 0 Å². The first-order chi connectivity index (χ1) is 3.93. The number of carbonyl (C=O) groups is 1. The molecule has 0 aliphatic carbocycles. The molecule has 1 rings (SSSR count). The third-order valence-corrected chi connectivity index (χ3v) is 1.74. The highest BCUT2D eigenvalue weighted by atomic mass is 32.2. The van der Waals surface area contributed by atoms with Crippen molar-refractivity contribution in [3.05, 3.63) is 23.1 Å². The molecular weight excluding hydrogens is 120 g/mol. The second kappa shape index (κ2) is 2.72. The Bertz CT molecular complexity index is 147. The van der Waals surface area contributed by atoms with E-state index in [1.165, 1.54) is 0 Å². The second-order valence-electron chi connectivity index (χ2n) is 1.50. The number of hydrogen-bond acceptors (Lipinski definition) is 2. The molecule has 1 heterocycles. The van der Waals surface area contributed by atoms with Gasteiger partial charge in [-0.05, 0) is 5.41 Å². The number of carbonyl (C=O) groups excluding carboxylic acids is 1. The maximum absolute atomic E-state index is 10.0. The second-order valence-corrected chi connectivity index (χ2v) is 2.39. The fourth-order valence-electron chi connectivity index (χ4n) is 0.484. The summed E-state index contributed by atoms with van der Waals surface area (Å²) in [4.78, 5) is 10.0. The molecule has 0 radical (unpaired) electrons. The third-order valence-electron chi connectivity index (χ3n) is 0.886. The summed E-state index contributed by atoms with van der Waals surface area (Å²) in [5.41, 5.74) is 0.873. The number of allylic oxidation sites excluding steroid dienone is 2. The van der Waals surface area contributed by atoms with Crippen molar-refractivity contribution in [3.63, 3.8) is 0 Å². The van der Waals surface area contributed by atoms with Gasteiger partial charge in [-0.3, -0.25) is 4.79 Å². The summed E-state index contributed by atoms with van der Waals surface area (Å²) in [7, 11) is 0. The topological polar surface area (TPSA) is 17.1 Å². The predicted molar refractivity (Wildman–Crippen MR) is 35.7 cm³/mol. The van der Waals surface area contributed by atoms with Crippen LogP contribution in [0.4, 0.5) is 0 Å². The van der Waals surface area contributed by atoms with E-state index in [2.05, 4.69) is 0 Å². The molecule has 1 nitrogen and oxygen atoms in total. The van der Waals surface area contributed by atoms with Crippen LogP contribution in [-0.4, -0.2) is 12.0 Å². The largest absolute Gasteiger partial charge is 0.298 e. The average molecular weight is 126 g/mol. The highest BCUT2D eigenvalue weighted by molar-refractivity contribution is 8.02. The predicted octanol–water partition coefficient (Wildman–Crippen LogP) is 1.37. The van der Waals surface area contributed by atoms with Crippen molar-refractivity contribution < 1.29 is 4.79 Å². The third kappa shape index (κ3) is 1.23. The van der Waals surface area contributed by atoms with Crippen LogP contribution in [0.2, 0.25) is 0 Å². The van der Waals surface area contributed by atoms with E-state index < -0.39 is 0 Å². The smallest absolute Gasteiger partial charge is 0.146 e. The number of rotatable bonds is 1. The van der Waals surface area contributed by atoms with E-state index in [4.69, 9.17) is 0 Å². The van der Waals surface area contributed by atoms with Crippen LogP contribution in [0.25, 0.3) is 0 Å². The maximum Gasteiger partial charge on any atom is 0.146 e. The molecule has 2 heteroatoms. The van der Waals surface area contributed by atoms with Gasteiger partial charge in [0.15, 0.2) is 0 Å². The lowest BCUT2D eigenvalue weighted by Crippen LogP contribution is -1.88. The van der Waals surface area contributed by atoms with E-state index in [9.17, 15) is 4.79 Å². The van der Waals surface area contributed by atoms with Crippen molar-refractivity contribution >= 4 is 18.0 Å². The summed E-state index contributed by atoms with van der Waals surface area (Å²) in [5.74, 6) is 0.833. The first-order valence-electron chi connectivity index (χ1n) is 2.36. The highest BCUT2D eigenvalue weighted by Gasteiger charge is 1.94. The molecular formula is C6H6OS. The maximum atomic E-state index is 10.0. The number of aldehydes is 1. The van der Waals surface area contributed by atoms with Gasteiger partial charge in [-0.1, -0.05) is 12.2 Å². The van der Waals surface area contributed by atoms with Gasteiger partial charge in [0.05, 0.1) is 0 Å². The van der Waals surface area contributed by atoms with Crippen molar-refractivity contribution in [2.75, 3.05) is 5.75 Å². The Morgan fingerprint density at radius 3 is 3.00 bits per heavy atom. The van der Waals surface area contributed by atoms with Gasteiger partial charge in [0.2, 0.25) is 0 Å². The molecule has 0 amide bonds. The molecule has 0 bridgehead atoms. The fourth-order valence-corrected chi connectivity index (χ4v) is 1.13. The zero-order valence-corrected chi connectivity index (χ0v) is 5.15. The number of thioether (sulfide) groups is 1. The Labute approximate surface area is 52.5 Å². The molecule has 0 aromatic carbocycles. The summed E-state index contributed by atoms with van der Waals surface area (Å²) in [5, 5.41) is 1.98. The van der Waals surface area contributed by atoms with Crippen molar-refractivity contribution in [3.8, 4) is 0 Å². The molecule has 0 N–H and O–H groups in total. The summed E-state index contributed by atoms with van der Waals surface area (Å²) in [6, 6.07) is 0. The summed E-state index contributed by atoms with van der Waals surface area (Å²) in [6.07, 6.45) is 4.62. The molecule has 42 valence electrons. The lowest BCUT2D eigenvalue weighted by molar-refractivity contribution is -0.104. The molecule has 1 aliphatic rings. The minimum atomic E-state index is 0.833. The molecule has 1 aliphatic heterocycles. The van der Waals surface area contributed by atoms with Gasteiger partial charge < -0.3 is 0 Å². The molecule has 0 saturated carbocycles. The van der Waals surface area contributed by atoms with E-state index in [1.54, 1.807) is 11.8 Å². The molecule has 0 saturated heterocycles. The minimum Gasteiger partial charge on any atom is -0.298 e. The number of hydrogen-bond donors (Lipinski definition) is 0. The van der Waals surface area contributed by atoms with Gasteiger partial charge in [0.25, 0.3) is 0 Å². The molecule has 0 fully saturated rings. The van der Waals surface area contributed by atoms with Gasteiger partial charge in [0.1, 0.15) is 6.29 Å². The van der Waals surface area contributed by atoms with Crippen LogP contribution in [0.5, 0.6) is 0 Å². The molecule has 0 atom stereocenters. The molecule has 0 aromatic rings. The standard InChI is InChI=1S/C6H6OS/c7-4-6-2-1-3-8-5-6/h1-4H,5H2. The van der Waals surface area contributed by atoms with E-state index in [-0.39, 0.29) is 0 Å². The van der Waals surface area contributed by atoms with Gasteiger partial charge >= 0.3 is 0 Å². The normalized spacial score (nSPS) is 17.8. The summed E-state index contributed by atoms with van der Waals surface area (Å²) >= 11 is 1.65. The van der Waals surface area contributed by atoms with Crippen molar-refractivity contribution in [2.45, 2.75) is 0 Å². The highest BCUT2D eigenvalue weighted by Crippen LogP contribution is 2.12. The van der Waals surface area contributed by atoms with Crippen molar-refractivity contribution in [1.29, 1.82) is 0 Å². The van der Waals surface area contributed by atoms with Gasteiger partial charge in [-0.2, -0.15) is 0 Å². The van der Waals surface area contributed by atoms with Crippen LogP contribution in [0.3, 0.4) is 0 Å². The van der Waals surface area contributed by atoms with Crippen LogP contribution < -0.4 is 0 Å². The van der Waals surface area contributed by atoms with Gasteiger partial charge in [0, 0.05) is 11.3 Å². The van der Waals surface area contributed by atoms with Gasteiger partial charge in [-0.15, -0.1) is 11.8 Å². The molecule has 8 heavy (non-hydrogen) atoms. The average Bonchev–Trinajstić information content (AvgIpc) is 1.90. The zero-order valence-electron chi connectivity index (χ0n) is 4.33. The lowest BCUT2D eigenvalue weighted by Gasteiger charge is -1.97. The summed E-state index contributed by atoms with van der Waals surface area (Å²) < 4.78 is 0. The Balaban J connectivity index is 2.63. The lowest BCUT2D eigenvalue weighted by atomic mass is 10.3. The fraction of sp³-hybridized carbons (Fsp3) is 0.167. The molecule has 0 spiro atoms. The Kier molecular flexibility index (Phi) is 1.92. The summed E-state index contributed by atoms with van der Waals surface area (Å²) in [6.45, 7) is 0. The minimum absolute atomic E-state index is 0.833. The van der Waals surface area contributed by atoms with Crippen LogP contribution in [0.1, 0.15) is 0 Å². The van der Waals surface area contributed by atoms with E-state index in [0.717, 1.165) is 17.6 Å². The van der Waals surface area contributed by atoms with Crippen LogP contribution in [-0.2, 0) is 4.79 Å². The SMILES string of the molecule is O=CC1=CC=CSC1. The van der Waals surface area contributed by atoms with Gasteiger partial charge in [-0.25, -0.2) is 0 Å².